The number of hydrogen-bond donors (Lipinski definition) is 0. The van der Waals surface area contributed by atoms with Gasteiger partial charge in [-0.2, -0.15) is 0 Å². The second-order valence-corrected chi connectivity index (χ2v) is 9.78. The summed E-state index contributed by atoms with van der Waals surface area (Å²) in [5.74, 6) is 3.28. The maximum Gasteiger partial charge on any atom is 0.156 e. The Hall–Kier alpha value is -1.18. The van der Waals surface area contributed by atoms with E-state index in [2.05, 4.69) is 46.8 Å². The minimum Gasteiger partial charge on any atom is -0.299 e. The summed E-state index contributed by atoms with van der Waals surface area (Å²) < 4.78 is 0. The van der Waals surface area contributed by atoms with Crippen LogP contribution in [0.2, 0.25) is 0 Å². The molecule has 25 heavy (non-hydrogen) atoms. The number of allylic oxidation sites excluding steroid dienone is 4. The summed E-state index contributed by atoms with van der Waals surface area (Å²) in [4.78, 5) is 24.1. The van der Waals surface area contributed by atoms with Crippen LogP contribution < -0.4 is 0 Å². The summed E-state index contributed by atoms with van der Waals surface area (Å²) in [6.45, 7) is 11.1. The number of Topliss-reactive ketones (excluding diaryl/α,β-unsaturated/α-hetero) is 1. The normalized spacial score (nSPS) is 42.2. The van der Waals surface area contributed by atoms with Crippen LogP contribution in [0.1, 0.15) is 73.1 Å². The van der Waals surface area contributed by atoms with Crippen molar-refractivity contribution in [2.45, 2.75) is 73.1 Å². The topological polar surface area (TPSA) is 34.1 Å². The van der Waals surface area contributed by atoms with Gasteiger partial charge in [-0.25, -0.2) is 0 Å². The zero-order valence-corrected chi connectivity index (χ0v) is 16.6. The van der Waals surface area contributed by atoms with Gasteiger partial charge in [-0.1, -0.05) is 46.8 Å². The van der Waals surface area contributed by atoms with Crippen LogP contribution >= 0.6 is 0 Å². The smallest absolute Gasteiger partial charge is 0.156 e. The van der Waals surface area contributed by atoms with Gasteiger partial charge in [0.15, 0.2) is 5.78 Å². The first-order valence-electron chi connectivity index (χ1n) is 10.1. The van der Waals surface area contributed by atoms with Crippen LogP contribution in [-0.4, -0.2) is 11.6 Å². The van der Waals surface area contributed by atoms with E-state index in [0.717, 1.165) is 38.0 Å². The monoisotopic (exact) mass is 342 g/mol. The molecule has 0 aromatic carbocycles. The Morgan fingerprint density at radius 2 is 1.60 bits per heavy atom. The van der Waals surface area contributed by atoms with E-state index < -0.39 is 0 Å². The van der Waals surface area contributed by atoms with Crippen molar-refractivity contribution in [1.82, 2.24) is 0 Å². The highest BCUT2D eigenvalue weighted by Crippen LogP contribution is 2.62. The minimum atomic E-state index is -0.0758. The van der Waals surface area contributed by atoms with Crippen LogP contribution in [-0.2, 0) is 9.59 Å². The quantitative estimate of drug-likeness (QED) is 0.580. The standard InChI is InChI=1S/C19H24O2.C4H10/c1-18-9-7-13(20)11-12(18)3-4-14-15-5-6-17(21)19(15,2)10-8-16(14)18;1-4(2)3/h3-4,11,14-16H,5-10H2,1-2H3;4H,1-3H3/t14?,15?,16?,18-,19-;/m0./s1. The highest BCUT2D eigenvalue weighted by atomic mass is 16.1. The van der Waals surface area contributed by atoms with Gasteiger partial charge < -0.3 is 0 Å². The van der Waals surface area contributed by atoms with Gasteiger partial charge in [0.1, 0.15) is 5.78 Å². The molecule has 4 aliphatic rings. The molecule has 2 heteroatoms. The van der Waals surface area contributed by atoms with E-state index in [4.69, 9.17) is 0 Å². The maximum absolute atomic E-state index is 12.3. The zero-order chi connectivity index (χ0) is 18.4. The van der Waals surface area contributed by atoms with Crippen molar-refractivity contribution in [2.24, 2.45) is 34.5 Å². The van der Waals surface area contributed by atoms with Crippen LogP contribution in [0.4, 0.5) is 0 Å². The summed E-state index contributed by atoms with van der Waals surface area (Å²) in [6.07, 6.45) is 12.1. The van der Waals surface area contributed by atoms with E-state index in [-0.39, 0.29) is 16.6 Å². The molecule has 0 radical (unpaired) electrons. The van der Waals surface area contributed by atoms with Crippen molar-refractivity contribution < 1.29 is 9.59 Å². The lowest BCUT2D eigenvalue weighted by molar-refractivity contribution is -0.130. The molecule has 0 aromatic heterocycles. The van der Waals surface area contributed by atoms with Crippen molar-refractivity contribution in [3.8, 4) is 0 Å². The Labute approximate surface area is 153 Å². The molecule has 0 N–H and O–H groups in total. The van der Waals surface area contributed by atoms with Gasteiger partial charge in [0.25, 0.3) is 0 Å². The highest BCUT2D eigenvalue weighted by molar-refractivity contribution is 5.92. The van der Waals surface area contributed by atoms with Gasteiger partial charge in [0.05, 0.1) is 0 Å². The van der Waals surface area contributed by atoms with Crippen molar-refractivity contribution in [3.05, 3.63) is 23.8 Å². The first-order valence-corrected chi connectivity index (χ1v) is 10.1. The highest BCUT2D eigenvalue weighted by Gasteiger charge is 2.57. The third kappa shape index (κ3) is 3.06. The number of rotatable bonds is 0. The molecule has 2 saturated carbocycles. The first kappa shape index (κ1) is 18.6. The van der Waals surface area contributed by atoms with E-state index in [1.807, 2.05) is 6.08 Å². The lowest BCUT2D eigenvalue weighted by Gasteiger charge is -2.54. The number of fused-ring (bicyclic) bond motifs is 5. The van der Waals surface area contributed by atoms with Gasteiger partial charge in [-0.05, 0) is 66.4 Å². The molecule has 0 aromatic rings. The fourth-order valence-electron chi connectivity index (χ4n) is 5.77. The summed E-state index contributed by atoms with van der Waals surface area (Å²) in [7, 11) is 0. The molecule has 3 unspecified atom stereocenters. The van der Waals surface area contributed by atoms with Crippen molar-refractivity contribution in [2.75, 3.05) is 0 Å². The van der Waals surface area contributed by atoms with E-state index in [0.29, 0.717) is 30.0 Å². The Morgan fingerprint density at radius 3 is 2.28 bits per heavy atom. The Balaban J connectivity index is 0.000000415. The molecule has 4 aliphatic carbocycles. The van der Waals surface area contributed by atoms with Crippen LogP contribution in [0, 0.1) is 34.5 Å². The molecule has 0 spiro atoms. The predicted molar refractivity (Wildman–Crippen MR) is 102 cm³/mol. The molecular formula is C23H34O2. The van der Waals surface area contributed by atoms with E-state index in [1.54, 1.807) is 0 Å². The van der Waals surface area contributed by atoms with Crippen molar-refractivity contribution in [3.63, 3.8) is 0 Å². The molecule has 138 valence electrons. The summed E-state index contributed by atoms with van der Waals surface area (Å²) >= 11 is 0. The molecule has 0 bridgehead atoms. The Bertz CT molecular complexity index is 623. The first-order chi connectivity index (χ1) is 11.7. The van der Waals surface area contributed by atoms with E-state index in [1.165, 1.54) is 5.57 Å². The van der Waals surface area contributed by atoms with Crippen LogP contribution in [0.25, 0.3) is 0 Å². The Morgan fingerprint density at radius 1 is 0.960 bits per heavy atom. The average Bonchev–Trinajstić information content (AvgIpc) is 2.83. The fourth-order valence-corrected chi connectivity index (χ4v) is 5.77. The lowest BCUT2D eigenvalue weighted by atomic mass is 9.49. The fraction of sp³-hybridized carbons (Fsp3) is 0.739. The van der Waals surface area contributed by atoms with Crippen molar-refractivity contribution >= 4 is 11.6 Å². The third-order valence-electron chi connectivity index (χ3n) is 7.22. The molecule has 4 rings (SSSR count). The van der Waals surface area contributed by atoms with Gasteiger partial charge >= 0.3 is 0 Å². The lowest BCUT2D eigenvalue weighted by Crippen LogP contribution is -2.49. The number of carbonyl (C=O) groups is 2. The van der Waals surface area contributed by atoms with Gasteiger partial charge in [0.2, 0.25) is 0 Å². The van der Waals surface area contributed by atoms with Crippen LogP contribution in [0.15, 0.2) is 23.8 Å². The zero-order valence-electron chi connectivity index (χ0n) is 16.6. The average molecular weight is 343 g/mol. The van der Waals surface area contributed by atoms with E-state index in [9.17, 15) is 9.59 Å². The van der Waals surface area contributed by atoms with E-state index >= 15 is 0 Å². The van der Waals surface area contributed by atoms with Gasteiger partial charge in [-0.3, -0.25) is 9.59 Å². The molecule has 0 heterocycles. The molecule has 0 aliphatic heterocycles. The SMILES string of the molecule is CC(C)C.C[C@]12CCC(=O)C=C1C=CC1C2CC[C@]2(C)C(=O)CCC12. The number of carbonyl (C=O) groups excluding carboxylic acids is 2. The number of ketones is 2. The van der Waals surface area contributed by atoms with Crippen molar-refractivity contribution in [1.29, 1.82) is 0 Å². The second kappa shape index (κ2) is 6.52. The molecule has 0 amide bonds. The molecule has 2 nitrogen and oxygen atoms in total. The molecule has 2 fully saturated rings. The Kier molecular flexibility index (Phi) is 4.85. The summed E-state index contributed by atoms with van der Waals surface area (Å²) in [6, 6.07) is 0. The maximum atomic E-state index is 12.3. The van der Waals surface area contributed by atoms with Crippen LogP contribution in [0.3, 0.4) is 0 Å². The van der Waals surface area contributed by atoms with Crippen LogP contribution in [0.5, 0.6) is 0 Å². The molecular weight excluding hydrogens is 308 g/mol. The summed E-state index contributed by atoms with van der Waals surface area (Å²) in [5.41, 5.74) is 1.32. The van der Waals surface area contributed by atoms with Gasteiger partial charge in [0, 0.05) is 18.3 Å². The molecule has 0 saturated heterocycles. The largest absolute Gasteiger partial charge is 0.299 e. The van der Waals surface area contributed by atoms with Gasteiger partial charge in [-0.15, -0.1) is 0 Å². The predicted octanol–water partition coefficient (Wildman–Crippen LogP) is 5.53. The molecule has 5 atom stereocenters. The third-order valence-corrected chi connectivity index (χ3v) is 7.22. The minimum absolute atomic E-state index is 0.0758. The number of hydrogen-bond acceptors (Lipinski definition) is 2. The second-order valence-electron chi connectivity index (χ2n) is 9.78. The summed E-state index contributed by atoms with van der Waals surface area (Å²) in [5, 5.41) is 0.